The Balaban J connectivity index is 1.44. The van der Waals surface area contributed by atoms with Gasteiger partial charge < -0.3 is 14.9 Å². The summed E-state index contributed by atoms with van der Waals surface area (Å²) in [5.74, 6) is 0.577. The molecule has 1 atom stereocenters. The Morgan fingerprint density at radius 3 is 2.24 bits per heavy atom. The molecule has 4 rings (SSSR count). The topological polar surface area (TPSA) is 105 Å². The number of aromatic nitrogens is 2. The maximum Gasteiger partial charge on any atom is 0.303 e. The third-order valence-corrected chi connectivity index (χ3v) is 6.07. The van der Waals surface area contributed by atoms with Crippen molar-refractivity contribution in [2.24, 2.45) is 5.92 Å². The van der Waals surface area contributed by atoms with Crippen molar-refractivity contribution >= 4 is 17.4 Å². The van der Waals surface area contributed by atoms with Crippen LogP contribution in [0.5, 0.6) is 0 Å². The molecule has 7 nitrogen and oxygen atoms in total. The van der Waals surface area contributed by atoms with Crippen molar-refractivity contribution in [3.05, 3.63) is 90.0 Å². The van der Waals surface area contributed by atoms with Gasteiger partial charge in [-0.15, -0.1) is 0 Å². The van der Waals surface area contributed by atoms with Gasteiger partial charge in [0.25, 0.3) is 5.89 Å². The molecule has 1 heterocycles. The lowest BCUT2D eigenvalue weighted by Crippen LogP contribution is -2.13. The maximum absolute atomic E-state index is 12.3. The number of ketones is 1. The molecule has 0 radical (unpaired) electrons. The second-order valence-electron chi connectivity index (χ2n) is 9.49. The highest BCUT2D eigenvalue weighted by atomic mass is 16.5. The summed E-state index contributed by atoms with van der Waals surface area (Å²) < 4.78 is 5.45. The van der Waals surface area contributed by atoms with Crippen LogP contribution >= 0.6 is 0 Å². The first-order chi connectivity index (χ1) is 17.9. The Morgan fingerprint density at radius 1 is 0.892 bits per heavy atom. The van der Waals surface area contributed by atoms with Gasteiger partial charge in [0, 0.05) is 35.2 Å². The lowest BCUT2D eigenvalue weighted by atomic mass is 9.95. The number of hydrogen-bond acceptors (Lipinski definition) is 6. The van der Waals surface area contributed by atoms with E-state index in [2.05, 4.69) is 41.4 Å². The van der Waals surface area contributed by atoms with Crippen molar-refractivity contribution < 1.29 is 19.2 Å². The van der Waals surface area contributed by atoms with E-state index in [1.165, 1.54) is 0 Å². The van der Waals surface area contributed by atoms with Crippen molar-refractivity contribution in [2.75, 3.05) is 5.32 Å². The average Bonchev–Trinajstić information content (AvgIpc) is 3.39. The molecule has 7 heteroatoms. The summed E-state index contributed by atoms with van der Waals surface area (Å²) in [4.78, 5) is 27.5. The molecule has 0 saturated carbocycles. The highest BCUT2D eigenvalue weighted by Crippen LogP contribution is 2.29. The van der Waals surface area contributed by atoms with Crippen molar-refractivity contribution in [3.8, 4) is 22.8 Å². The second-order valence-corrected chi connectivity index (χ2v) is 9.49. The third kappa shape index (κ3) is 7.13. The monoisotopic (exact) mass is 497 g/mol. The summed E-state index contributed by atoms with van der Waals surface area (Å²) in [6.07, 6.45) is 1.50. The first-order valence-electron chi connectivity index (χ1n) is 12.5. The fourth-order valence-corrected chi connectivity index (χ4v) is 4.15. The van der Waals surface area contributed by atoms with E-state index in [9.17, 15) is 9.59 Å². The summed E-state index contributed by atoms with van der Waals surface area (Å²) >= 11 is 0. The van der Waals surface area contributed by atoms with E-state index in [0.29, 0.717) is 29.6 Å². The number of carboxylic acid groups (broad SMARTS) is 1. The van der Waals surface area contributed by atoms with Crippen LogP contribution in [-0.4, -0.2) is 27.0 Å². The molecule has 2 N–H and O–H groups in total. The standard InChI is InChI=1S/C30H31N3O4/c1-20(2)19-26(31-25-17-15-22(16-18-25)27(34)9-6-10-28(35)36)21-11-13-23(14-12-21)29-32-30(37-33-29)24-7-4-3-5-8-24/h3-5,7-8,11-18,20,26,31H,6,9-10,19H2,1-2H3,(H,35,36). The van der Waals surface area contributed by atoms with Crippen LogP contribution in [0, 0.1) is 5.92 Å². The van der Waals surface area contributed by atoms with Crippen molar-refractivity contribution in [1.82, 2.24) is 10.1 Å². The molecule has 0 spiro atoms. The summed E-state index contributed by atoms with van der Waals surface area (Å²) in [6, 6.07) is 25.3. The van der Waals surface area contributed by atoms with E-state index < -0.39 is 5.97 Å². The Hall–Kier alpha value is -4.26. The van der Waals surface area contributed by atoms with Crippen LogP contribution in [0.25, 0.3) is 22.8 Å². The molecule has 1 aromatic heterocycles. The summed E-state index contributed by atoms with van der Waals surface area (Å²) in [6.45, 7) is 4.37. The molecule has 0 aliphatic rings. The van der Waals surface area contributed by atoms with E-state index in [4.69, 9.17) is 9.63 Å². The normalized spacial score (nSPS) is 11.9. The smallest absolute Gasteiger partial charge is 0.303 e. The number of carbonyl (C=O) groups excluding carboxylic acids is 1. The molecule has 0 aliphatic heterocycles. The number of carboxylic acids is 1. The van der Waals surface area contributed by atoms with Gasteiger partial charge >= 0.3 is 5.97 Å². The van der Waals surface area contributed by atoms with Gasteiger partial charge in [0.05, 0.1) is 6.04 Å². The van der Waals surface area contributed by atoms with E-state index in [-0.39, 0.29) is 24.7 Å². The molecule has 4 aromatic rings. The van der Waals surface area contributed by atoms with Gasteiger partial charge in [-0.1, -0.05) is 61.5 Å². The minimum atomic E-state index is -0.884. The van der Waals surface area contributed by atoms with E-state index >= 15 is 0 Å². The van der Waals surface area contributed by atoms with Gasteiger partial charge in [-0.25, -0.2) is 0 Å². The van der Waals surface area contributed by atoms with Crippen LogP contribution in [0.15, 0.2) is 83.4 Å². The molecule has 0 bridgehead atoms. The fraction of sp³-hybridized carbons (Fsp3) is 0.267. The largest absolute Gasteiger partial charge is 0.481 e. The molecule has 190 valence electrons. The van der Waals surface area contributed by atoms with Crippen LogP contribution < -0.4 is 5.32 Å². The van der Waals surface area contributed by atoms with Gasteiger partial charge in [0.2, 0.25) is 5.82 Å². The van der Waals surface area contributed by atoms with E-state index in [1.54, 1.807) is 12.1 Å². The summed E-state index contributed by atoms with van der Waals surface area (Å²) in [5, 5.41) is 16.5. The van der Waals surface area contributed by atoms with Crippen LogP contribution in [0.4, 0.5) is 5.69 Å². The number of benzene rings is 3. The van der Waals surface area contributed by atoms with Gasteiger partial charge in [-0.3, -0.25) is 9.59 Å². The first kappa shape index (κ1) is 25.8. The molecule has 0 aliphatic carbocycles. The van der Waals surface area contributed by atoms with Crippen LogP contribution in [0.1, 0.15) is 61.5 Å². The number of anilines is 1. The van der Waals surface area contributed by atoms with Crippen molar-refractivity contribution in [1.29, 1.82) is 0 Å². The number of carbonyl (C=O) groups is 2. The van der Waals surface area contributed by atoms with Gasteiger partial charge in [0.1, 0.15) is 0 Å². The number of nitrogens with zero attached hydrogens (tertiary/aromatic N) is 2. The van der Waals surface area contributed by atoms with E-state index in [1.807, 2.05) is 54.6 Å². The molecule has 3 aromatic carbocycles. The molecule has 1 unspecified atom stereocenters. The molecule has 0 saturated heterocycles. The second kappa shape index (κ2) is 12.1. The fourth-order valence-electron chi connectivity index (χ4n) is 4.15. The average molecular weight is 498 g/mol. The Kier molecular flexibility index (Phi) is 8.46. The molecule has 0 amide bonds. The van der Waals surface area contributed by atoms with Crippen molar-refractivity contribution in [2.45, 2.75) is 45.6 Å². The predicted octanol–water partition coefficient (Wildman–Crippen LogP) is 7.04. The highest BCUT2D eigenvalue weighted by Gasteiger charge is 2.16. The van der Waals surface area contributed by atoms with Gasteiger partial charge in [-0.05, 0) is 60.7 Å². The van der Waals surface area contributed by atoms with Crippen molar-refractivity contribution in [3.63, 3.8) is 0 Å². The van der Waals surface area contributed by atoms with E-state index in [0.717, 1.165) is 28.8 Å². The Labute approximate surface area is 216 Å². The highest BCUT2D eigenvalue weighted by molar-refractivity contribution is 5.96. The Bertz CT molecular complexity index is 1310. The number of hydrogen-bond donors (Lipinski definition) is 2. The van der Waals surface area contributed by atoms with Gasteiger partial charge in [0.15, 0.2) is 5.78 Å². The minimum absolute atomic E-state index is 0.00195. The zero-order valence-corrected chi connectivity index (χ0v) is 21.1. The van der Waals surface area contributed by atoms with Crippen LogP contribution in [-0.2, 0) is 4.79 Å². The lowest BCUT2D eigenvalue weighted by Gasteiger charge is -2.22. The van der Waals surface area contributed by atoms with Crippen LogP contribution in [0.3, 0.4) is 0 Å². The molecular formula is C30H31N3O4. The minimum Gasteiger partial charge on any atom is -0.481 e. The number of Topliss-reactive ketones (excluding diaryl/α,β-unsaturated/α-hetero) is 1. The number of nitrogens with one attached hydrogen (secondary N) is 1. The number of aliphatic carboxylic acids is 1. The third-order valence-electron chi connectivity index (χ3n) is 6.07. The zero-order valence-electron chi connectivity index (χ0n) is 21.1. The molecular weight excluding hydrogens is 466 g/mol. The van der Waals surface area contributed by atoms with Gasteiger partial charge in [-0.2, -0.15) is 4.98 Å². The van der Waals surface area contributed by atoms with Crippen LogP contribution in [0.2, 0.25) is 0 Å². The maximum atomic E-state index is 12.3. The summed E-state index contributed by atoms with van der Waals surface area (Å²) in [5.41, 5.74) is 4.41. The lowest BCUT2D eigenvalue weighted by molar-refractivity contribution is -0.137. The zero-order chi connectivity index (χ0) is 26.2. The predicted molar refractivity (Wildman–Crippen MR) is 143 cm³/mol. The molecule has 0 fully saturated rings. The number of rotatable bonds is 12. The first-order valence-corrected chi connectivity index (χ1v) is 12.5. The summed E-state index contributed by atoms with van der Waals surface area (Å²) in [7, 11) is 0. The quantitative estimate of drug-likeness (QED) is 0.202. The Morgan fingerprint density at radius 2 is 1.59 bits per heavy atom. The SMILES string of the molecule is CC(C)CC(Nc1ccc(C(=O)CCCC(=O)O)cc1)c1ccc(-c2noc(-c3ccccc3)n2)cc1. The molecule has 37 heavy (non-hydrogen) atoms.